The summed E-state index contributed by atoms with van der Waals surface area (Å²) in [5.41, 5.74) is 1.10. The Labute approximate surface area is 96.1 Å². The van der Waals surface area contributed by atoms with Gasteiger partial charge in [-0.3, -0.25) is 5.10 Å². The lowest BCUT2D eigenvalue weighted by molar-refractivity contribution is 0.484. The Morgan fingerprint density at radius 2 is 2.12 bits per heavy atom. The Morgan fingerprint density at radius 3 is 2.62 bits per heavy atom. The minimum atomic E-state index is -3.43. The molecule has 0 spiro atoms. The van der Waals surface area contributed by atoms with Crippen LogP contribution in [0.25, 0.3) is 0 Å². The Morgan fingerprint density at radius 1 is 1.50 bits per heavy atom. The van der Waals surface area contributed by atoms with Gasteiger partial charge >= 0.3 is 0 Å². The van der Waals surface area contributed by atoms with Gasteiger partial charge in [-0.2, -0.15) is 5.10 Å². The third kappa shape index (κ3) is 2.26. The molecular weight excluding hydrogens is 228 g/mol. The number of aromatic nitrogens is 2. The molecule has 0 aliphatic carbocycles. The first-order valence-electron chi connectivity index (χ1n) is 5.09. The molecule has 2 N–H and O–H groups in total. The van der Waals surface area contributed by atoms with Crippen LogP contribution in [-0.4, -0.2) is 43.6 Å². The van der Waals surface area contributed by atoms with Crippen molar-refractivity contribution in [2.75, 3.05) is 20.6 Å². The van der Waals surface area contributed by atoms with Gasteiger partial charge in [0, 0.05) is 20.1 Å². The van der Waals surface area contributed by atoms with Gasteiger partial charge in [0.1, 0.15) is 4.90 Å². The normalized spacial score (nSPS) is 12.3. The summed E-state index contributed by atoms with van der Waals surface area (Å²) < 4.78 is 25.7. The lowest BCUT2D eigenvalue weighted by Gasteiger charge is -2.15. The minimum absolute atomic E-state index is 0.284. The van der Waals surface area contributed by atoms with Crippen LogP contribution in [0, 0.1) is 6.92 Å². The molecule has 0 aliphatic heterocycles. The largest absolute Gasteiger partial charge is 0.314 e. The molecule has 6 nitrogen and oxygen atoms in total. The molecule has 0 amide bonds. The summed E-state index contributed by atoms with van der Waals surface area (Å²) >= 11 is 0. The van der Waals surface area contributed by atoms with E-state index in [1.165, 1.54) is 4.31 Å². The third-order valence-corrected chi connectivity index (χ3v) is 4.56. The first-order valence-corrected chi connectivity index (χ1v) is 6.53. The second-order valence-electron chi connectivity index (χ2n) is 3.57. The Kier molecular flexibility index (Phi) is 4.06. The highest BCUT2D eigenvalue weighted by Crippen LogP contribution is 2.20. The number of nitrogens with one attached hydrogen (secondary N) is 2. The molecule has 1 aromatic rings. The first kappa shape index (κ1) is 13.1. The third-order valence-electron chi connectivity index (χ3n) is 2.42. The molecule has 16 heavy (non-hydrogen) atoms. The van der Waals surface area contributed by atoms with Crippen LogP contribution in [0.4, 0.5) is 0 Å². The molecular formula is C9H18N4O2S. The Bertz CT molecular complexity index is 452. The molecule has 0 saturated carbocycles. The highest BCUT2D eigenvalue weighted by molar-refractivity contribution is 7.89. The Hall–Kier alpha value is -0.920. The molecule has 0 aromatic carbocycles. The molecule has 0 saturated heterocycles. The summed E-state index contributed by atoms with van der Waals surface area (Å²) in [7, 11) is -0.115. The van der Waals surface area contributed by atoms with E-state index in [0.717, 1.165) is 0 Å². The molecule has 92 valence electrons. The minimum Gasteiger partial charge on any atom is -0.314 e. The summed E-state index contributed by atoms with van der Waals surface area (Å²) in [4.78, 5) is 0.284. The van der Waals surface area contributed by atoms with Gasteiger partial charge in [-0.1, -0.05) is 6.92 Å². The fraction of sp³-hybridized carbons (Fsp3) is 0.667. The van der Waals surface area contributed by atoms with E-state index >= 15 is 0 Å². The smallest absolute Gasteiger partial charge is 0.246 e. The van der Waals surface area contributed by atoms with Crippen molar-refractivity contribution in [3.8, 4) is 0 Å². The van der Waals surface area contributed by atoms with Gasteiger partial charge in [-0.25, -0.2) is 12.7 Å². The van der Waals surface area contributed by atoms with E-state index in [0.29, 0.717) is 24.5 Å². The summed E-state index contributed by atoms with van der Waals surface area (Å²) in [6.45, 7) is 4.37. The maximum absolute atomic E-state index is 12.2. The number of aryl methyl sites for hydroxylation is 1. The van der Waals surface area contributed by atoms with Crippen molar-refractivity contribution in [3.05, 3.63) is 11.4 Å². The van der Waals surface area contributed by atoms with E-state index < -0.39 is 10.0 Å². The maximum Gasteiger partial charge on any atom is 0.246 e. The highest BCUT2D eigenvalue weighted by atomic mass is 32.2. The average molecular weight is 246 g/mol. The van der Waals surface area contributed by atoms with E-state index in [1.807, 2.05) is 0 Å². The molecule has 7 heteroatoms. The number of rotatable bonds is 5. The van der Waals surface area contributed by atoms with Gasteiger partial charge < -0.3 is 5.32 Å². The van der Waals surface area contributed by atoms with E-state index in [4.69, 9.17) is 0 Å². The van der Waals surface area contributed by atoms with Gasteiger partial charge in [0.2, 0.25) is 10.0 Å². The molecule has 0 unspecified atom stereocenters. The van der Waals surface area contributed by atoms with Gasteiger partial charge in [-0.15, -0.1) is 0 Å². The molecule has 0 fully saturated rings. The molecule has 1 heterocycles. The number of H-pyrrole nitrogens is 1. The second kappa shape index (κ2) is 4.94. The van der Waals surface area contributed by atoms with Crippen molar-refractivity contribution < 1.29 is 8.42 Å². The lowest BCUT2D eigenvalue weighted by atomic mass is 10.4. The summed E-state index contributed by atoms with van der Waals surface area (Å²) in [6, 6.07) is 0. The molecule has 1 aromatic heterocycles. The predicted molar refractivity (Wildman–Crippen MR) is 61.6 cm³/mol. The Balaban J connectivity index is 3.26. The number of aromatic amines is 1. The van der Waals surface area contributed by atoms with Gasteiger partial charge in [0.05, 0.1) is 11.4 Å². The van der Waals surface area contributed by atoms with Crippen LogP contribution in [0.1, 0.15) is 18.3 Å². The number of hydrogen-bond donors (Lipinski definition) is 2. The fourth-order valence-electron chi connectivity index (χ4n) is 1.42. The number of hydrogen-bond acceptors (Lipinski definition) is 4. The van der Waals surface area contributed by atoms with E-state index in [2.05, 4.69) is 15.5 Å². The van der Waals surface area contributed by atoms with Crippen molar-refractivity contribution in [3.63, 3.8) is 0 Å². The molecule has 0 atom stereocenters. The molecule has 0 aliphatic rings. The van der Waals surface area contributed by atoms with Crippen LogP contribution in [0.2, 0.25) is 0 Å². The zero-order valence-corrected chi connectivity index (χ0v) is 10.8. The van der Waals surface area contributed by atoms with Crippen molar-refractivity contribution in [2.24, 2.45) is 0 Å². The number of sulfonamides is 1. The van der Waals surface area contributed by atoms with Crippen LogP contribution in [0.3, 0.4) is 0 Å². The average Bonchev–Trinajstić information content (AvgIpc) is 2.59. The summed E-state index contributed by atoms with van der Waals surface area (Å²) in [5.74, 6) is 0. The van der Waals surface area contributed by atoms with Gasteiger partial charge in [0.25, 0.3) is 0 Å². The van der Waals surface area contributed by atoms with E-state index in [9.17, 15) is 8.42 Å². The summed E-state index contributed by atoms with van der Waals surface area (Å²) in [6.07, 6.45) is 0. The van der Waals surface area contributed by atoms with Crippen molar-refractivity contribution >= 4 is 10.0 Å². The van der Waals surface area contributed by atoms with E-state index in [1.54, 1.807) is 27.9 Å². The molecule has 1 rings (SSSR count). The van der Waals surface area contributed by atoms with Crippen LogP contribution in [0.5, 0.6) is 0 Å². The number of nitrogens with zero attached hydrogens (tertiary/aromatic N) is 2. The molecule has 0 bridgehead atoms. The highest BCUT2D eigenvalue weighted by Gasteiger charge is 2.27. The topological polar surface area (TPSA) is 78.1 Å². The SMILES string of the molecule is CCN(C)S(=O)(=O)c1c(CNC)n[nH]c1C. The zero-order valence-electron chi connectivity index (χ0n) is 10.0. The van der Waals surface area contributed by atoms with Crippen LogP contribution in [0.15, 0.2) is 4.90 Å². The second-order valence-corrected chi connectivity index (χ2v) is 5.56. The van der Waals surface area contributed by atoms with Crippen molar-refractivity contribution in [1.29, 1.82) is 0 Å². The monoisotopic (exact) mass is 246 g/mol. The van der Waals surface area contributed by atoms with E-state index in [-0.39, 0.29) is 4.90 Å². The fourth-order valence-corrected chi connectivity index (χ4v) is 2.92. The maximum atomic E-state index is 12.2. The molecule has 0 radical (unpaired) electrons. The van der Waals surface area contributed by atoms with Crippen molar-refractivity contribution in [2.45, 2.75) is 25.3 Å². The summed E-state index contributed by atoms with van der Waals surface area (Å²) in [5, 5.41) is 9.61. The van der Waals surface area contributed by atoms with Crippen LogP contribution < -0.4 is 5.32 Å². The van der Waals surface area contributed by atoms with Crippen LogP contribution in [-0.2, 0) is 16.6 Å². The lowest BCUT2D eigenvalue weighted by Crippen LogP contribution is -2.28. The standard InChI is InChI=1S/C9H18N4O2S/c1-5-13(4)16(14,15)9-7(2)11-12-8(9)6-10-3/h10H,5-6H2,1-4H3,(H,11,12). The predicted octanol–water partition coefficient (Wildman–Crippen LogP) is 0.0779. The van der Waals surface area contributed by atoms with Crippen molar-refractivity contribution in [1.82, 2.24) is 19.8 Å². The first-order chi connectivity index (χ1) is 7.45. The zero-order chi connectivity index (χ0) is 12.3. The quantitative estimate of drug-likeness (QED) is 0.771. The van der Waals surface area contributed by atoms with Crippen LogP contribution >= 0.6 is 0 Å². The van der Waals surface area contributed by atoms with Gasteiger partial charge in [0.15, 0.2) is 0 Å². The van der Waals surface area contributed by atoms with Gasteiger partial charge in [-0.05, 0) is 14.0 Å².